The molecule has 1 spiro atoms. The molecule has 0 N–H and O–H groups in total. The van der Waals surface area contributed by atoms with Gasteiger partial charge in [0.15, 0.2) is 5.79 Å². The average Bonchev–Trinajstić information content (AvgIpc) is 3.36. The number of unbranched alkanes of at least 4 members (excludes halogenated alkanes) is 2. The summed E-state index contributed by atoms with van der Waals surface area (Å²) in [6, 6.07) is 0. The SMILES string of the molecule is CCCCCOC(C)(C)C1CCC2C3CCC4CC5(CCC4(C)C3CCC21C)OCCO5. The normalized spacial score (nSPS) is 45.5. The van der Waals surface area contributed by atoms with Crippen molar-refractivity contribution in [3.05, 3.63) is 0 Å². The van der Waals surface area contributed by atoms with Crippen LogP contribution in [0, 0.1) is 40.4 Å². The maximum atomic E-state index is 6.60. The van der Waals surface area contributed by atoms with Crippen LogP contribution in [0.3, 0.4) is 0 Å². The van der Waals surface area contributed by atoms with Gasteiger partial charge in [0.25, 0.3) is 0 Å². The first kappa shape index (κ1) is 23.6. The highest BCUT2D eigenvalue weighted by atomic mass is 16.7. The molecule has 0 aromatic rings. The average molecular weight is 447 g/mol. The lowest BCUT2D eigenvalue weighted by atomic mass is 9.44. The van der Waals surface area contributed by atoms with E-state index in [0.29, 0.717) is 16.7 Å². The number of hydrogen-bond acceptors (Lipinski definition) is 3. The highest BCUT2D eigenvalue weighted by Gasteiger charge is 2.63. The molecule has 0 amide bonds. The smallest absolute Gasteiger partial charge is 0.168 e. The van der Waals surface area contributed by atoms with E-state index in [1.54, 1.807) is 0 Å². The second-order valence-electron chi connectivity index (χ2n) is 13.3. The van der Waals surface area contributed by atoms with E-state index >= 15 is 0 Å². The van der Waals surface area contributed by atoms with Crippen LogP contribution in [0.1, 0.15) is 112 Å². The molecule has 1 heterocycles. The zero-order valence-electron chi connectivity index (χ0n) is 21.7. The van der Waals surface area contributed by atoms with Crippen LogP contribution in [0.4, 0.5) is 0 Å². The van der Waals surface area contributed by atoms with E-state index in [1.807, 2.05) is 0 Å². The molecule has 1 aliphatic heterocycles. The van der Waals surface area contributed by atoms with E-state index in [0.717, 1.165) is 56.3 Å². The number of hydrogen-bond donors (Lipinski definition) is 0. The van der Waals surface area contributed by atoms with E-state index in [4.69, 9.17) is 14.2 Å². The minimum absolute atomic E-state index is 0.0134. The fourth-order valence-electron chi connectivity index (χ4n) is 9.89. The number of fused-ring (bicyclic) bond motifs is 5. The van der Waals surface area contributed by atoms with Crippen LogP contribution in [-0.2, 0) is 14.2 Å². The fraction of sp³-hybridized carbons (Fsp3) is 1.00. The van der Waals surface area contributed by atoms with E-state index in [1.165, 1.54) is 64.2 Å². The second kappa shape index (κ2) is 8.52. The van der Waals surface area contributed by atoms with Gasteiger partial charge in [-0.2, -0.15) is 0 Å². The molecule has 32 heavy (non-hydrogen) atoms. The summed E-state index contributed by atoms with van der Waals surface area (Å²) in [6.07, 6.45) is 15.8. The lowest BCUT2D eigenvalue weighted by molar-refractivity contribution is -0.231. The van der Waals surface area contributed by atoms with Gasteiger partial charge in [0.1, 0.15) is 0 Å². The quantitative estimate of drug-likeness (QED) is 0.399. The maximum Gasteiger partial charge on any atom is 0.168 e. The van der Waals surface area contributed by atoms with Gasteiger partial charge >= 0.3 is 0 Å². The van der Waals surface area contributed by atoms with Crippen molar-refractivity contribution in [3.8, 4) is 0 Å². The van der Waals surface area contributed by atoms with Crippen molar-refractivity contribution >= 4 is 0 Å². The summed E-state index contributed by atoms with van der Waals surface area (Å²) in [6.45, 7) is 14.9. The van der Waals surface area contributed by atoms with Gasteiger partial charge in [-0.15, -0.1) is 0 Å². The summed E-state index contributed by atoms with van der Waals surface area (Å²) in [5.74, 6) is 4.01. The first-order valence-electron chi connectivity index (χ1n) is 14.2. The molecule has 0 radical (unpaired) electrons. The predicted octanol–water partition coefficient (Wildman–Crippen LogP) is 7.37. The Morgan fingerprint density at radius 3 is 2.34 bits per heavy atom. The van der Waals surface area contributed by atoms with Gasteiger partial charge in [0.05, 0.1) is 18.8 Å². The maximum absolute atomic E-state index is 6.60. The van der Waals surface area contributed by atoms with Crippen LogP contribution in [0.5, 0.6) is 0 Å². The monoisotopic (exact) mass is 446 g/mol. The Balaban J connectivity index is 1.30. The van der Waals surface area contributed by atoms with E-state index in [-0.39, 0.29) is 11.4 Å². The second-order valence-corrected chi connectivity index (χ2v) is 13.3. The van der Waals surface area contributed by atoms with Crippen molar-refractivity contribution in [1.29, 1.82) is 0 Å². The Hall–Kier alpha value is -0.120. The Bertz CT molecular complexity index is 667. The minimum Gasteiger partial charge on any atom is -0.375 e. The highest BCUT2D eigenvalue weighted by molar-refractivity contribution is 5.12. The van der Waals surface area contributed by atoms with Crippen LogP contribution in [0.25, 0.3) is 0 Å². The van der Waals surface area contributed by atoms with Gasteiger partial charge in [-0.3, -0.25) is 0 Å². The first-order valence-corrected chi connectivity index (χ1v) is 14.2. The van der Waals surface area contributed by atoms with Crippen molar-refractivity contribution in [2.45, 2.75) is 123 Å². The van der Waals surface area contributed by atoms with Crippen LogP contribution < -0.4 is 0 Å². The van der Waals surface area contributed by atoms with Crippen molar-refractivity contribution < 1.29 is 14.2 Å². The molecule has 5 rings (SSSR count). The zero-order valence-corrected chi connectivity index (χ0v) is 21.7. The standard InChI is InChI=1S/C29H50O3/c1-6-7-8-17-30-26(2,3)25-12-11-23-22-10-9-21-20-29(31-18-19-32-29)16-15-27(21,4)24(22)13-14-28(23,25)5/h21-25H,6-20H2,1-5H3. The number of ether oxygens (including phenoxy) is 3. The molecule has 3 nitrogen and oxygen atoms in total. The van der Waals surface area contributed by atoms with Crippen LogP contribution >= 0.6 is 0 Å². The van der Waals surface area contributed by atoms with Gasteiger partial charge in [0, 0.05) is 19.4 Å². The molecular formula is C29H50O3. The molecule has 0 aromatic carbocycles. The molecule has 0 bridgehead atoms. The Labute approximate surface area is 197 Å². The third-order valence-electron chi connectivity index (χ3n) is 11.5. The molecule has 184 valence electrons. The molecule has 0 aromatic heterocycles. The minimum atomic E-state index is -0.224. The third-order valence-corrected chi connectivity index (χ3v) is 11.5. The van der Waals surface area contributed by atoms with E-state index < -0.39 is 0 Å². The summed E-state index contributed by atoms with van der Waals surface area (Å²) in [5.41, 5.74) is 0.973. The molecule has 7 atom stereocenters. The van der Waals surface area contributed by atoms with Gasteiger partial charge in [-0.05, 0) is 106 Å². The third kappa shape index (κ3) is 3.72. The van der Waals surface area contributed by atoms with Gasteiger partial charge < -0.3 is 14.2 Å². The Morgan fingerprint density at radius 1 is 0.844 bits per heavy atom. The molecule has 5 fully saturated rings. The molecule has 7 unspecified atom stereocenters. The van der Waals surface area contributed by atoms with Gasteiger partial charge in [0.2, 0.25) is 0 Å². The Morgan fingerprint density at radius 2 is 1.59 bits per heavy atom. The lowest BCUT2D eigenvalue weighted by Crippen LogP contribution is -2.57. The van der Waals surface area contributed by atoms with Crippen molar-refractivity contribution in [1.82, 2.24) is 0 Å². The molecule has 5 aliphatic rings. The van der Waals surface area contributed by atoms with Gasteiger partial charge in [-0.1, -0.05) is 33.6 Å². The van der Waals surface area contributed by atoms with Crippen molar-refractivity contribution in [3.63, 3.8) is 0 Å². The van der Waals surface area contributed by atoms with Crippen LogP contribution in [0.2, 0.25) is 0 Å². The van der Waals surface area contributed by atoms with Gasteiger partial charge in [-0.25, -0.2) is 0 Å². The van der Waals surface area contributed by atoms with E-state index in [2.05, 4.69) is 34.6 Å². The molecule has 4 aliphatic carbocycles. The summed E-state index contributed by atoms with van der Waals surface area (Å²) < 4.78 is 18.9. The highest BCUT2D eigenvalue weighted by Crippen LogP contribution is 2.69. The first-order chi connectivity index (χ1) is 15.2. The molecule has 3 heteroatoms. The Kier molecular flexibility index (Phi) is 6.29. The predicted molar refractivity (Wildman–Crippen MR) is 129 cm³/mol. The van der Waals surface area contributed by atoms with Crippen LogP contribution in [-0.4, -0.2) is 31.2 Å². The number of rotatable bonds is 6. The molecular weight excluding hydrogens is 396 g/mol. The van der Waals surface area contributed by atoms with E-state index in [9.17, 15) is 0 Å². The topological polar surface area (TPSA) is 27.7 Å². The summed E-state index contributed by atoms with van der Waals surface area (Å²) in [5, 5.41) is 0. The summed E-state index contributed by atoms with van der Waals surface area (Å²) in [4.78, 5) is 0. The fourth-order valence-corrected chi connectivity index (χ4v) is 9.89. The van der Waals surface area contributed by atoms with Crippen molar-refractivity contribution in [2.75, 3.05) is 19.8 Å². The largest absolute Gasteiger partial charge is 0.375 e. The summed E-state index contributed by atoms with van der Waals surface area (Å²) >= 11 is 0. The van der Waals surface area contributed by atoms with Crippen molar-refractivity contribution in [2.24, 2.45) is 40.4 Å². The zero-order chi connectivity index (χ0) is 22.6. The molecule has 4 saturated carbocycles. The summed E-state index contributed by atoms with van der Waals surface area (Å²) in [7, 11) is 0. The lowest BCUT2D eigenvalue weighted by Gasteiger charge is -2.62. The molecule has 1 saturated heterocycles. The van der Waals surface area contributed by atoms with Crippen LogP contribution in [0.15, 0.2) is 0 Å².